The molecule has 2 rings (SSSR count). The lowest BCUT2D eigenvalue weighted by Crippen LogP contribution is -2.36. The lowest BCUT2D eigenvalue weighted by molar-refractivity contribution is -0.129. The lowest BCUT2D eigenvalue weighted by atomic mass is 10.1. The fraction of sp³-hybridized carbons (Fsp3) is 0.462. The van der Waals surface area contributed by atoms with Crippen LogP contribution in [0.4, 0.5) is 5.69 Å². The summed E-state index contributed by atoms with van der Waals surface area (Å²) in [6, 6.07) is 5.38. The van der Waals surface area contributed by atoms with Crippen molar-refractivity contribution < 1.29 is 4.79 Å². The molecule has 0 radical (unpaired) electrons. The largest absolute Gasteiger partial charge is 0.398 e. The minimum absolute atomic E-state index is 0.203. The first-order valence-corrected chi connectivity index (χ1v) is 7.49. The zero-order chi connectivity index (χ0) is 13.0. The van der Waals surface area contributed by atoms with Crippen molar-refractivity contribution in [2.45, 2.75) is 24.2 Å². The van der Waals surface area contributed by atoms with Crippen molar-refractivity contribution in [3.8, 4) is 0 Å². The van der Waals surface area contributed by atoms with E-state index in [4.69, 9.17) is 17.3 Å². The SMILES string of the molecule is Nc1cc(Cl)ccc1SCC(=O)N1CCCCC1. The number of amides is 1. The second kappa shape index (κ2) is 6.34. The van der Waals surface area contributed by atoms with Crippen LogP contribution >= 0.6 is 23.4 Å². The van der Waals surface area contributed by atoms with Gasteiger partial charge in [0, 0.05) is 28.7 Å². The molecule has 18 heavy (non-hydrogen) atoms. The maximum atomic E-state index is 12.0. The van der Waals surface area contributed by atoms with Gasteiger partial charge in [0.25, 0.3) is 0 Å². The third kappa shape index (κ3) is 3.56. The van der Waals surface area contributed by atoms with E-state index in [2.05, 4.69) is 0 Å². The zero-order valence-electron chi connectivity index (χ0n) is 10.2. The minimum atomic E-state index is 0.203. The average molecular weight is 285 g/mol. The summed E-state index contributed by atoms with van der Waals surface area (Å²) in [5.74, 6) is 0.653. The predicted octanol–water partition coefficient (Wildman–Crippen LogP) is 3.03. The van der Waals surface area contributed by atoms with Crippen molar-refractivity contribution in [3.05, 3.63) is 23.2 Å². The lowest BCUT2D eigenvalue weighted by Gasteiger charge is -2.26. The number of nitrogens with two attached hydrogens (primary N) is 1. The Hall–Kier alpha value is -0.870. The third-order valence-electron chi connectivity index (χ3n) is 3.03. The number of anilines is 1. The van der Waals surface area contributed by atoms with E-state index < -0.39 is 0 Å². The molecule has 5 heteroatoms. The van der Waals surface area contributed by atoms with E-state index in [0.29, 0.717) is 16.5 Å². The van der Waals surface area contributed by atoms with E-state index in [1.165, 1.54) is 18.2 Å². The van der Waals surface area contributed by atoms with E-state index in [0.717, 1.165) is 30.8 Å². The molecular weight excluding hydrogens is 268 g/mol. The van der Waals surface area contributed by atoms with Gasteiger partial charge in [0.1, 0.15) is 0 Å². The van der Waals surface area contributed by atoms with Crippen LogP contribution in [0.2, 0.25) is 5.02 Å². The molecule has 1 fully saturated rings. The van der Waals surface area contributed by atoms with Crippen molar-refractivity contribution in [1.82, 2.24) is 4.90 Å². The van der Waals surface area contributed by atoms with Crippen LogP contribution in [-0.2, 0) is 4.79 Å². The smallest absolute Gasteiger partial charge is 0.232 e. The zero-order valence-corrected chi connectivity index (χ0v) is 11.8. The molecule has 0 aromatic heterocycles. The Kier molecular flexibility index (Phi) is 4.78. The van der Waals surface area contributed by atoms with Gasteiger partial charge in [0.2, 0.25) is 5.91 Å². The molecule has 1 aliphatic heterocycles. The highest BCUT2D eigenvalue weighted by Gasteiger charge is 2.16. The van der Waals surface area contributed by atoms with Crippen LogP contribution in [0.25, 0.3) is 0 Å². The first-order chi connectivity index (χ1) is 8.66. The summed E-state index contributed by atoms with van der Waals surface area (Å²) < 4.78 is 0. The molecule has 0 saturated carbocycles. The summed E-state index contributed by atoms with van der Waals surface area (Å²) in [5.41, 5.74) is 6.49. The van der Waals surface area contributed by atoms with Gasteiger partial charge in [0.05, 0.1) is 5.75 Å². The number of halogens is 1. The molecule has 2 N–H and O–H groups in total. The van der Waals surface area contributed by atoms with Crippen molar-refractivity contribution in [2.24, 2.45) is 0 Å². The fourth-order valence-electron chi connectivity index (χ4n) is 2.02. The molecule has 0 aliphatic carbocycles. The second-order valence-corrected chi connectivity index (χ2v) is 5.87. The highest BCUT2D eigenvalue weighted by Crippen LogP contribution is 2.28. The van der Waals surface area contributed by atoms with Gasteiger partial charge >= 0.3 is 0 Å². The van der Waals surface area contributed by atoms with Crippen LogP contribution in [-0.4, -0.2) is 29.6 Å². The van der Waals surface area contributed by atoms with Gasteiger partial charge in [-0.1, -0.05) is 11.6 Å². The van der Waals surface area contributed by atoms with Gasteiger partial charge in [0.15, 0.2) is 0 Å². The molecule has 1 amide bonds. The predicted molar refractivity (Wildman–Crippen MR) is 77.0 cm³/mol. The number of thioether (sulfide) groups is 1. The number of hydrogen-bond donors (Lipinski definition) is 1. The Morgan fingerprint density at radius 1 is 1.33 bits per heavy atom. The van der Waals surface area contributed by atoms with E-state index in [9.17, 15) is 4.79 Å². The summed E-state index contributed by atoms with van der Waals surface area (Å²) in [5, 5.41) is 0.624. The summed E-state index contributed by atoms with van der Waals surface area (Å²) in [4.78, 5) is 14.9. The first-order valence-electron chi connectivity index (χ1n) is 6.12. The van der Waals surface area contributed by atoms with Crippen LogP contribution in [0.1, 0.15) is 19.3 Å². The number of carbonyl (C=O) groups excluding carboxylic acids is 1. The molecule has 0 atom stereocenters. The summed E-state index contributed by atoms with van der Waals surface area (Å²) in [6.07, 6.45) is 3.49. The Morgan fingerprint density at radius 2 is 2.06 bits per heavy atom. The van der Waals surface area contributed by atoms with Gasteiger partial charge in [-0.05, 0) is 37.5 Å². The molecular formula is C13H17ClN2OS. The van der Waals surface area contributed by atoms with Crippen molar-refractivity contribution in [3.63, 3.8) is 0 Å². The quantitative estimate of drug-likeness (QED) is 0.685. The van der Waals surface area contributed by atoms with E-state index >= 15 is 0 Å². The summed E-state index contributed by atoms with van der Waals surface area (Å²) in [6.45, 7) is 1.80. The first kappa shape index (κ1) is 13.6. The normalized spacial score (nSPS) is 15.7. The minimum Gasteiger partial charge on any atom is -0.398 e. The van der Waals surface area contributed by atoms with Crippen molar-refractivity contribution >= 4 is 35.0 Å². The summed E-state index contributed by atoms with van der Waals surface area (Å²) >= 11 is 7.32. The second-order valence-electron chi connectivity index (χ2n) is 4.41. The number of benzene rings is 1. The molecule has 0 bridgehead atoms. The fourth-order valence-corrected chi connectivity index (χ4v) is 3.06. The van der Waals surface area contributed by atoms with Crippen LogP contribution in [0.5, 0.6) is 0 Å². The molecule has 0 spiro atoms. The molecule has 1 heterocycles. The van der Waals surface area contributed by atoms with Crippen LogP contribution in [0, 0.1) is 0 Å². The monoisotopic (exact) mass is 284 g/mol. The number of nitrogen functional groups attached to an aromatic ring is 1. The maximum Gasteiger partial charge on any atom is 0.232 e. The maximum absolute atomic E-state index is 12.0. The highest BCUT2D eigenvalue weighted by atomic mass is 35.5. The Bertz CT molecular complexity index is 433. The topological polar surface area (TPSA) is 46.3 Å². The number of hydrogen-bond acceptors (Lipinski definition) is 3. The highest BCUT2D eigenvalue weighted by molar-refractivity contribution is 8.00. The molecule has 98 valence electrons. The van der Waals surface area contributed by atoms with Gasteiger partial charge in [-0.2, -0.15) is 0 Å². The van der Waals surface area contributed by atoms with Gasteiger partial charge in [-0.15, -0.1) is 11.8 Å². The van der Waals surface area contributed by atoms with Crippen LogP contribution < -0.4 is 5.73 Å². The Balaban J connectivity index is 1.88. The molecule has 1 aromatic carbocycles. The Morgan fingerprint density at radius 3 is 2.72 bits per heavy atom. The molecule has 1 saturated heterocycles. The number of piperidine rings is 1. The average Bonchev–Trinajstić information content (AvgIpc) is 2.38. The number of likely N-dealkylation sites (tertiary alicyclic amines) is 1. The van der Waals surface area contributed by atoms with Crippen LogP contribution in [0.15, 0.2) is 23.1 Å². The van der Waals surface area contributed by atoms with E-state index in [1.54, 1.807) is 12.1 Å². The molecule has 1 aromatic rings. The van der Waals surface area contributed by atoms with Gasteiger partial charge < -0.3 is 10.6 Å². The van der Waals surface area contributed by atoms with Crippen LogP contribution in [0.3, 0.4) is 0 Å². The summed E-state index contributed by atoms with van der Waals surface area (Å²) in [7, 11) is 0. The Labute approximate surface area is 117 Å². The third-order valence-corrected chi connectivity index (χ3v) is 4.34. The number of carbonyl (C=O) groups is 1. The van der Waals surface area contributed by atoms with E-state index in [-0.39, 0.29) is 5.91 Å². The standard InChI is InChI=1S/C13H17ClN2OS/c14-10-4-5-12(11(15)8-10)18-9-13(17)16-6-2-1-3-7-16/h4-5,8H,1-3,6-7,9,15H2. The van der Waals surface area contributed by atoms with E-state index in [1.807, 2.05) is 11.0 Å². The number of nitrogens with zero attached hydrogens (tertiary/aromatic N) is 1. The molecule has 3 nitrogen and oxygen atoms in total. The number of rotatable bonds is 3. The molecule has 1 aliphatic rings. The van der Waals surface area contributed by atoms with Crippen molar-refractivity contribution in [1.29, 1.82) is 0 Å². The van der Waals surface area contributed by atoms with Gasteiger partial charge in [-0.25, -0.2) is 0 Å². The molecule has 0 unspecified atom stereocenters. The van der Waals surface area contributed by atoms with Crippen molar-refractivity contribution in [2.75, 3.05) is 24.6 Å². The van der Waals surface area contributed by atoms with Gasteiger partial charge in [-0.3, -0.25) is 4.79 Å².